The maximum Gasteiger partial charge on any atom is 0.278 e. The standard InChI is InChI=1S/C12H7ClF2N2O2/c13-7-4-6(14)5-8(15)10(7)17-12(19)11-9(18)2-1-3-16-11/h1-5,18H,(H,17,19). The highest BCUT2D eigenvalue weighted by molar-refractivity contribution is 6.34. The number of amides is 1. The Kier molecular flexibility index (Phi) is 3.62. The number of aromatic nitrogens is 1. The van der Waals surface area contributed by atoms with Crippen molar-refractivity contribution in [2.24, 2.45) is 0 Å². The maximum absolute atomic E-state index is 13.5. The molecule has 2 N–H and O–H groups in total. The summed E-state index contributed by atoms with van der Waals surface area (Å²) in [6, 6.07) is 4.13. The molecule has 98 valence electrons. The van der Waals surface area contributed by atoms with Crippen molar-refractivity contribution >= 4 is 23.2 Å². The second-order valence-corrected chi connectivity index (χ2v) is 3.98. The van der Waals surface area contributed by atoms with E-state index in [1.165, 1.54) is 18.3 Å². The molecule has 0 aliphatic heterocycles. The third-order valence-electron chi connectivity index (χ3n) is 2.25. The van der Waals surface area contributed by atoms with Gasteiger partial charge in [-0.3, -0.25) is 4.79 Å². The number of rotatable bonds is 2. The van der Waals surface area contributed by atoms with E-state index in [9.17, 15) is 18.7 Å². The Labute approximate surface area is 111 Å². The summed E-state index contributed by atoms with van der Waals surface area (Å²) in [6.07, 6.45) is 1.29. The number of hydrogen-bond donors (Lipinski definition) is 2. The monoisotopic (exact) mass is 284 g/mol. The summed E-state index contributed by atoms with van der Waals surface area (Å²) < 4.78 is 26.3. The fraction of sp³-hybridized carbons (Fsp3) is 0. The summed E-state index contributed by atoms with van der Waals surface area (Å²) in [5, 5.41) is 11.3. The molecule has 2 aromatic rings. The minimum atomic E-state index is -1.02. The van der Waals surface area contributed by atoms with E-state index in [2.05, 4.69) is 10.3 Å². The number of aromatic hydroxyl groups is 1. The molecule has 0 aliphatic carbocycles. The predicted molar refractivity (Wildman–Crippen MR) is 65.2 cm³/mol. The largest absolute Gasteiger partial charge is 0.505 e. The summed E-state index contributed by atoms with van der Waals surface area (Å²) in [5.41, 5.74) is -0.666. The molecule has 1 aromatic heterocycles. The first-order valence-electron chi connectivity index (χ1n) is 5.09. The zero-order valence-corrected chi connectivity index (χ0v) is 10.1. The van der Waals surface area contributed by atoms with Crippen LogP contribution in [0.2, 0.25) is 5.02 Å². The van der Waals surface area contributed by atoms with Gasteiger partial charge in [-0.05, 0) is 18.2 Å². The zero-order valence-electron chi connectivity index (χ0n) is 9.32. The Balaban J connectivity index is 2.32. The van der Waals surface area contributed by atoms with E-state index in [1.807, 2.05) is 0 Å². The SMILES string of the molecule is O=C(Nc1c(F)cc(F)cc1Cl)c1ncccc1O. The van der Waals surface area contributed by atoms with Crippen molar-refractivity contribution < 1.29 is 18.7 Å². The van der Waals surface area contributed by atoms with Crippen LogP contribution in [-0.2, 0) is 0 Å². The van der Waals surface area contributed by atoms with E-state index < -0.39 is 17.5 Å². The van der Waals surface area contributed by atoms with Gasteiger partial charge in [0.05, 0.1) is 10.7 Å². The smallest absolute Gasteiger partial charge is 0.278 e. The van der Waals surface area contributed by atoms with E-state index in [0.29, 0.717) is 6.07 Å². The molecule has 0 saturated carbocycles. The van der Waals surface area contributed by atoms with Gasteiger partial charge in [0.15, 0.2) is 11.5 Å². The van der Waals surface area contributed by atoms with Crippen molar-refractivity contribution in [3.05, 3.63) is 52.8 Å². The molecule has 0 atom stereocenters. The van der Waals surface area contributed by atoms with Crippen molar-refractivity contribution in [2.45, 2.75) is 0 Å². The van der Waals surface area contributed by atoms with Crippen molar-refractivity contribution in [1.29, 1.82) is 0 Å². The van der Waals surface area contributed by atoms with Gasteiger partial charge in [0.1, 0.15) is 11.6 Å². The Hall–Kier alpha value is -2.21. The molecule has 0 fully saturated rings. The topological polar surface area (TPSA) is 62.2 Å². The molecule has 0 spiro atoms. The van der Waals surface area contributed by atoms with Crippen molar-refractivity contribution in [1.82, 2.24) is 4.98 Å². The molecule has 0 aliphatic rings. The molecule has 1 aromatic carbocycles. The van der Waals surface area contributed by atoms with Crippen LogP contribution in [0.15, 0.2) is 30.5 Å². The molecule has 1 heterocycles. The third kappa shape index (κ3) is 2.79. The van der Waals surface area contributed by atoms with Crippen LogP contribution in [0, 0.1) is 11.6 Å². The number of nitrogens with zero attached hydrogens (tertiary/aromatic N) is 1. The van der Waals surface area contributed by atoms with Crippen LogP contribution >= 0.6 is 11.6 Å². The fourth-order valence-electron chi connectivity index (χ4n) is 1.41. The first-order chi connectivity index (χ1) is 8.99. The van der Waals surface area contributed by atoms with Crippen LogP contribution in [0.5, 0.6) is 5.75 Å². The minimum Gasteiger partial charge on any atom is -0.505 e. The Morgan fingerprint density at radius 2 is 2.11 bits per heavy atom. The number of halogens is 3. The van der Waals surface area contributed by atoms with Crippen molar-refractivity contribution in [3.63, 3.8) is 0 Å². The predicted octanol–water partition coefficient (Wildman–Crippen LogP) is 2.97. The van der Waals surface area contributed by atoms with E-state index in [0.717, 1.165) is 6.07 Å². The molecule has 4 nitrogen and oxygen atoms in total. The van der Waals surface area contributed by atoms with Crippen LogP contribution in [0.3, 0.4) is 0 Å². The van der Waals surface area contributed by atoms with Gasteiger partial charge in [-0.1, -0.05) is 11.6 Å². The number of nitrogens with one attached hydrogen (secondary N) is 1. The van der Waals surface area contributed by atoms with Crippen molar-refractivity contribution in [2.75, 3.05) is 5.32 Å². The van der Waals surface area contributed by atoms with Crippen molar-refractivity contribution in [3.8, 4) is 5.75 Å². The second kappa shape index (κ2) is 5.19. The average molecular weight is 285 g/mol. The molecule has 0 bridgehead atoms. The molecule has 19 heavy (non-hydrogen) atoms. The summed E-state index contributed by atoms with van der Waals surface area (Å²) in [6.45, 7) is 0. The summed E-state index contributed by atoms with van der Waals surface area (Å²) in [5.74, 6) is -3.10. The number of benzene rings is 1. The first-order valence-corrected chi connectivity index (χ1v) is 5.46. The van der Waals surface area contributed by atoms with Crippen LogP contribution in [0.25, 0.3) is 0 Å². The van der Waals surface area contributed by atoms with Crippen LogP contribution < -0.4 is 5.32 Å². The maximum atomic E-state index is 13.5. The molecule has 7 heteroatoms. The third-order valence-corrected chi connectivity index (χ3v) is 2.54. The van der Waals surface area contributed by atoms with Gasteiger partial charge in [0, 0.05) is 12.3 Å². The quantitative estimate of drug-likeness (QED) is 0.891. The summed E-state index contributed by atoms with van der Waals surface area (Å²) in [7, 11) is 0. The lowest BCUT2D eigenvalue weighted by Gasteiger charge is -2.08. The van der Waals surface area contributed by atoms with E-state index >= 15 is 0 Å². The molecule has 0 saturated heterocycles. The summed E-state index contributed by atoms with van der Waals surface area (Å²) >= 11 is 5.63. The molecular weight excluding hydrogens is 278 g/mol. The van der Waals surface area contributed by atoms with Gasteiger partial charge < -0.3 is 10.4 Å². The van der Waals surface area contributed by atoms with E-state index in [-0.39, 0.29) is 22.2 Å². The van der Waals surface area contributed by atoms with Gasteiger partial charge in [-0.25, -0.2) is 13.8 Å². The lowest BCUT2D eigenvalue weighted by atomic mass is 10.2. The Morgan fingerprint density at radius 1 is 1.37 bits per heavy atom. The fourth-order valence-corrected chi connectivity index (χ4v) is 1.65. The van der Waals surface area contributed by atoms with Gasteiger partial charge in [-0.2, -0.15) is 0 Å². The Bertz CT molecular complexity index is 626. The minimum absolute atomic E-state index is 0.290. The average Bonchev–Trinajstić information content (AvgIpc) is 2.34. The highest BCUT2D eigenvalue weighted by Crippen LogP contribution is 2.27. The second-order valence-electron chi connectivity index (χ2n) is 3.57. The number of carbonyl (C=O) groups excluding carboxylic acids is 1. The molecular formula is C12H7ClF2N2O2. The van der Waals surface area contributed by atoms with Crippen LogP contribution in [0.1, 0.15) is 10.5 Å². The number of carbonyl (C=O) groups is 1. The molecule has 2 rings (SSSR count). The molecule has 1 amide bonds. The molecule has 0 unspecified atom stereocenters. The van der Waals surface area contributed by atoms with Crippen LogP contribution in [0.4, 0.5) is 14.5 Å². The highest BCUT2D eigenvalue weighted by Gasteiger charge is 2.17. The lowest BCUT2D eigenvalue weighted by Crippen LogP contribution is -2.15. The van der Waals surface area contributed by atoms with E-state index in [1.54, 1.807) is 0 Å². The number of anilines is 1. The zero-order chi connectivity index (χ0) is 14.0. The lowest BCUT2D eigenvalue weighted by molar-refractivity contribution is 0.101. The van der Waals surface area contributed by atoms with Gasteiger partial charge in [0.2, 0.25) is 0 Å². The number of hydrogen-bond acceptors (Lipinski definition) is 3. The van der Waals surface area contributed by atoms with Crippen LogP contribution in [-0.4, -0.2) is 16.0 Å². The van der Waals surface area contributed by atoms with Gasteiger partial charge in [0.25, 0.3) is 5.91 Å². The molecule has 0 radical (unpaired) electrons. The number of pyridine rings is 1. The summed E-state index contributed by atoms with van der Waals surface area (Å²) in [4.78, 5) is 15.4. The normalized spacial score (nSPS) is 10.3. The Morgan fingerprint density at radius 3 is 2.74 bits per heavy atom. The van der Waals surface area contributed by atoms with Gasteiger partial charge in [-0.15, -0.1) is 0 Å². The highest BCUT2D eigenvalue weighted by atomic mass is 35.5. The van der Waals surface area contributed by atoms with Gasteiger partial charge >= 0.3 is 0 Å². The van der Waals surface area contributed by atoms with E-state index in [4.69, 9.17) is 11.6 Å². The first kappa shape index (κ1) is 13.2.